The van der Waals surface area contributed by atoms with E-state index in [0.29, 0.717) is 0 Å². The Kier molecular flexibility index (Phi) is 6.02. The van der Waals surface area contributed by atoms with Gasteiger partial charge in [0.1, 0.15) is 0 Å². The van der Waals surface area contributed by atoms with Crippen LogP contribution in [0.4, 0.5) is 5.69 Å². The predicted molar refractivity (Wildman–Crippen MR) is 105 cm³/mol. The van der Waals surface area contributed by atoms with E-state index in [1.54, 1.807) is 11.8 Å². The molecule has 24 heavy (non-hydrogen) atoms. The summed E-state index contributed by atoms with van der Waals surface area (Å²) in [7, 11) is -0.300. The van der Waals surface area contributed by atoms with Gasteiger partial charge in [-0.25, -0.2) is 0 Å². The Morgan fingerprint density at radius 1 is 0.833 bits per heavy atom. The molecule has 1 heterocycles. The molecule has 0 bridgehead atoms. The summed E-state index contributed by atoms with van der Waals surface area (Å²) in [5.41, 5.74) is 6.82. The first-order chi connectivity index (χ1) is 11.2. The van der Waals surface area contributed by atoms with Crippen LogP contribution in [0.3, 0.4) is 0 Å². The highest BCUT2D eigenvalue weighted by Crippen LogP contribution is 2.36. The summed E-state index contributed by atoms with van der Waals surface area (Å²) in [6.07, 6.45) is 2.08. The molecule has 2 N–H and O–H groups in total. The molecular weight excluding hydrogens is 317 g/mol. The molecule has 1 saturated heterocycles. The minimum Gasteiger partial charge on any atom is -0.399 e. The van der Waals surface area contributed by atoms with Crippen molar-refractivity contribution in [3.05, 3.63) is 54.6 Å². The topological polar surface area (TPSA) is 44.5 Å². The summed E-state index contributed by atoms with van der Waals surface area (Å²) >= 11 is 1.77. The summed E-state index contributed by atoms with van der Waals surface area (Å²) in [6.45, 7) is 8.18. The molecule has 0 atom stereocenters. The van der Waals surface area contributed by atoms with Crippen LogP contribution in [0.5, 0.6) is 0 Å². The van der Waals surface area contributed by atoms with Crippen molar-refractivity contribution in [2.75, 3.05) is 12.0 Å². The second-order valence-corrected chi connectivity index (χ2v) is 7.65. The van der Waals surface area contributed by atoms with Gasteiger partial charge in [0.15, 0.2) is 0 Å². The average molecular weight is 343 g/mol. The van der Waals surface area contributed by atoms with E-state index in [4.69, 9.17) is 15.0 Å². The molecule has 2 aromatic rings. The molecule has 0 spiro atoms. The van der Waals surface area contributed by atoms with E-state index < -0.39 is 0 Å². The Bertz CT molecular complexity index is 628. The van der Waals surface area contributed by atoms with Crippen LogP contribution in [0.15, 0.2) is 59.5 Å². The summed E-state index contributed by atoms with van der Waals surface area (Å²) < 4.78 is 11.9. The molecule has 1 aliphatic heterocycles. The first-order valence-electron chi connectivity index (χ1n) is 8.05. The number of hydrogen-bond donors (Lipinski definition) is 1. The molecule has 0 saturated carbocycles. The maximum Gasteiger partial charge on any atom is 0.494 e. The fourth-order valence-corrected chi connectivity index (χ4v) is 2.62. The van der Waals surface area contributed by atoms with Crippen molar-refractivity contribution in [2.45, 2.75) is 43.8 Å². The van der Waals surface area contributed by atoms with Gasteiger partial charge in [-0.2, -0.15) is 0 Å². The first kappa shape index (κ1) is 18.9. The molecule has 3 nitrogen and oxygen atoms in total. The Morgan fingerprint density at radius 3 is 1.75 bits per heavy atom. The third-order valence-corrected chi connectivity index (χ3v) is 5.18. The van der Waals surface area contributed by atoms with Crippen molar-refractivity contribution in [3.8, 4) is 0 Å². The van der Waals surface area contributed by atoms with E-state index >= 15 is 0 Å². The van der Waals surface area contributed by atoms with Gasteiger partial charge in [0.25, 0.3) is 0 Å². The van der Waals surface area contributed by atoms with Crippen molar-refractivity contribution in [3.63, 3.8) is 0 Å². The zero-order chi connectivity index (χ0) is 17.8. The highest BCUT2D eigenvalue weighted by molar-refractivity contribution is 7.98. The van der Waals surface area contributed by atoms with Crippen LogP contribution >= 0.6 is 11.8 Å². The SMILES string of the molecule is CC1(C)OB(c2ccc(N)cc2)OC1(C)C.CSc1ccccc1. The van der Waals surface area contributed by atoms with Crippen LogP contribution in [-0.2, 0) is 9.31 Å². The molecule has 1 aliphatic rings. The first-order valence-corrected chi connectivity index (χ1v) is 9.28. The van der Waals surface area contributed by atoms with E-state index in [1.807, 2.05) is 70.2 Å². The van der Waals surface area contributed by atoms with Crippen molar-refractivity contribution in [2.24, 2.45) is 0 Å². The Labute approximate surface area is 150 Å². The predicted octanol–water partition coefficient (Wildman–Crippen LogP) is 3.98. The molecule has 3 rings (SSSR count). The van der Waals surface area contributed by atoms with Gasteiger partial charge in [-0.15, -0.1) is 11.8 Å². The van der Waals surface area contributed by atoms with Gasteiger partial charge in [0.05, 0.1) is 11.2 Å². The molecule has 0 radical (unpaired) electrons. The van der Waals surface area contributed by atoms with Crippen LogP contribution in [0.2, 0.25) is 0 Å². The molecule has 1 fully saturated rings. The minimum atomic E-state index is -0.300. The summed E-state index contributed by atoms with van der Waals surface area (Å²) in [4.78, 5) is 1.33. The second kappa shape index (κ2) is 7.64. The van der Waals surface area contributed by atoms with Gasteiger partial charge < -0.3 is 15.0 Å². The monoisotopic (exact) mass is 343 g/mol. The molecule has 0 aromatic heterocycles. The third-order valence-electron chi connectivity index (χ3n) is 4.44. The fourth-order valence-electron chi connectivity index (χ4n) is 2.19. The molecular formula is C19H26BNO2S. The average Bonchev–Trinajstić information content (AvgIpc) is 2.77. The van der Waals surface area contributed by atoms with Crippen molar-refractivity contribution < 1.29 is 9.31 Å². The minimum absolute atomic E-state index is 0.293. The van der Waals surface area contributed by atoms with Gasteiger partial charge in [-0.05, 0) is 63.7 Å². The van der Waals surface area contributed by atoms with Crippen LogP contribution in [0.1, 0.15) is 27.7 Å². The highest BCUT2D eigenvalue weighted by atomic mass is 32.2. The van der Waals surface area contributed by atoms with E-state index in [2.05, 4.69) is 18.4 Å². The number of benzene rings is 2. The Hall–Kier alpha value is -1.43. The van der Waals surface area contributed by atoms with Crippen LogP contribution in [0, 0.1) is 0 Å². The lowest BCUT2D eigenvalue weighted by molar-refractivity contribution is 0.00578. The zero-order valence-electron chi connectivity index (χ0n) is 15.1. The standard InChI is InChI=1S/C12H18BNO2.C7H8S/c1-11(2)12(3,4)16-13(15-11)9-5-7-10(14)8-6-9;1-8-7-5-3-2-4-6-7/h5-8H,14H2,1-4H3;2-6H,1H3. The van der Waals surface area contributed by atoms with E-state index in [1.165, 1.54) is 4.90 Å². The molecule has 0 amide bonds. The molecule has 5 heteroatoms. The maximum atomic E-state index is 5.93. The zero-order valence-corrected chi connectivity index (χ0v) is 15.9. The van der Waals surface area contributed by atoms with Crippen molar-refractivity contribution in [1.29, 1.82) is 0 Å². The Morgan fingerprint density at radius 2 is 1.33 bits per heavy atom. The smallest absolute Gasteiger partial charge is 0.399 e. The molecule has 2 aromatic carbocycles. The number of rotatable bonds is 2. The lowest BCUT2D eigenvalue weighted by Crippen LogP contribution is -2.41. The van der Waals surface area contributed by atoms with Crippen molar-refractivity contribution >= 4 is 30.0 Å². The normalized spacial score (nSPS) is 18.0. The van der Waals surface area contributed by atoms with Crippen molar-refractivity contribution in [1.82, 2.24) is 0 Å². The second-order valence-electron chi connectivity index (χ2n) is 6.77. The van der Waals surface area contributed by atoms with Gasteiger partial charge in [-0.1, -0.05) is 30.3 Å². The highest BCUT2D eigenvalue weighted by Gasteiger charge is 2.51. The van der Waals surface area contributed by atoms with Gasteiger partial charge >= 0.3 is 7.12 Å². The molecule has 0 unspecified atom stereocenters. The lowest BCUT2D eigenvalue weighted by atomic mass is 9.79. The quantitative estimate of drug-likeness (QED) is 0.509. The number of nitrogen functional groups attached to an aromatic ring is 1. The van der Waals surface area contributed by atoms with Crippen LogP contribution < -0.4 is 11.2 Å². The van der Waals surface area contributed by atoms with Gasteiger partial charge in [0, 0.05) is 10.6 Å². The number of anilines is 1. The largest absolute Gasteiger partial charge is 0.494 e. The molecule has 0 aliphatic carbocycles. The summed E-state index contributed by atoms with van der Waals surface area (Å²) in [6, 6.07) is 17.9. The van der Waals surface area contributed by atoms with Gasteiger partial charge in [0.2, 0.25) is 0 Å². The number of thioether (sulfide) groups is 1. The van der Waals surface area contributed by atoms with Crippen LogP contribution in [-0.4, -0.2) is 24.6 Å². The van der Waals surface area contributed by atoms with E-state index in [0.717, 1.165) is 11.2 Å². The summed E-state index contributed by atoms with van der Waals surface area (Å²) in [5, 5.41) is 0. The number of hydrogen-bond acceptors (Lipinski definition) is 4. The summed E-state index contributed by atoms with van der Waals surface area (Å²) in [5.74, 6) is 0. The lowest BCUT2D eigenvalue weighted by Gasteiger charge is -2.32. The number of nitrogens with two attached hydrogens (primary N) is 1. The Balaban J connectivity index is 0.000000219. The van der Waals surface area contributed by atoms with Gasteiger partial charge in [-0.3, -0.25) is 0 Å². The van der Waals surface area contributed by atoms with Crippen LogP contribution in [0.25, 0.3) is 0 Å². The molecule has 128 valence electrons. The van der Waals surface area contributed by atoms with E-state index in [-0.39, 0.29) is 18.3 Å². The fraction of sp³-hybridized carbons (Fsp3) is 0.368. The van der Waals surface area contributed by atoms with E-state index in [9.17, 15) is 0 Å². The maximum absolute atomic E-state index is 5.93. The third kappa shape index (κ3) is 4.56.